The number of hydrogen-bond donors (Lipinski definition) is 3. The number of carboxylic acids is 1. The van der Waals surface area contributed by atoms with Gasteiger partial charge in [-0.25, -0.2) is 4.98 Å². The molecule has 0 aliphatic rings. The number of aliphatic carboxylic acids is 1. The fourth-order valence-electron chi connectivity index (χ4n) is 3.74. The summed E-state index contributed by atoms with van der Waals surface area (Å²) >= 11 is 12.4. The van der Waals surface area contributed by atoms with Crippen LogP contribution in [0.3, 0.4) is 0 Å². The second kappa shape index (κ2) is 13.3. The molecule has 1 aromatic heterocycles. The van der Waals surface area contributed by atoms with Crippen LogP contribution in [-0.2, 0) is 4.79 Å². The van der Waals surface area contributed by atoms with Crippen LogP contribution in [0, 0.1) is 12.8 Å². The Morgan fingerprint density at radius 2 is 1.76 bits per heavy atom. The first-order valence-electron chi connectivity index (χ1n) is 12.1. The molecule has 0 aliphatic carbocycles. The number of amides is 1. The molecule has 3 aromatic rings. The molecule has 196 valence electrons. The lowest BCUT2D eigenvalue weighted by Crippen LogP contribution is -2.33. The topological polar surface area (TPSA) is 101 Å². The van der Waals surface area contributed by atoms with Crippen molar-refractivity contribution < 1.29 is 19.4 Å². The SMILES string of the molecule is CCC(C)C(COc1ccc(-c2ccc(Cl)cc2Cl)c(C)n1)Nc1ccc(C(=O)NCCC(=O)O)cc1. The number of ether oxygens (including phenoxy) is 1. The summed E-state index contributed by atoms with van der Waals surface area (Å²) in [7, 11) is 0. The number of pyridine rings is 1. The van der Waals surface area contributed by atoms with Gasteiger partial charge >= 0.3 is 5.97 Å². The molecule has 0 saturated heterocycles. The normalized spacial score (nSPS) is 12.5. The van der Waals surface area contributed by atoms with E-state index in [1.54, 1.807) is 24.3 Å². The van der Waals surface area contributed by atoms with E-state index in [4.69, 9.17) is 33.0 Å². The van der Waals surface area contributed by atoms with Gasteiger partial charge in [0.1, 0.15) is 6.61 Å². The fraction of sp³-hybridized carbons (Fsp3) is 0.321. The highest BCUT2D eigenvalue weighted by molar-refractivity contribution is 6.36. The standard InChI is InChI=1S/C28H31Cl2N3O4/c1-4-17(2)25(33-21-8-5-19(6-9-21)28(36)31-14-13-27(34)35)16-37-26-12-11-22(18(3)32-26)23-10-7-20(29)15-24(23)30/h5-12,15,17,25,33H,4,13-14,16H2,1-3H3,(H,31,36)(H,34,35). The number of aromatic nitrogens is 1. The van der Waals surface area contributed by atoms with Gasteiger partial charge in [0.2, 0.25) is 5.88 Å². The highest BCUT2D eigenvalue weighted by Gasteiger charge is 2.18. The van der Waals surface area contributed by atoms with Crippen molar-refractivity contribution in [3.05, 3.63) is 75.9 Å². The van der Waals surface area contributed by atoms with Crippen molar-refractivity contribution in [1.29, 1.82) is 0 Å². The van der Waals surface area contributed by atoms with Gasteiger partial charge in [0.05, 0.1) is 12.5 Å². The summed E-state index contributed by atoms with van der Waals surface area (Å²) in [4.78, 5) is 27.4. The van der Waals surface area contributed by atoms with Gasteiger partial charge in [-0.2, -0.15) is 0 Å². The molecule has 0 bridgehead atoms. The third-order valence-electron chi connectivity index (χ3n) is 6.15. The number of hydrogen-bond acceptors (Lipinski definition) is 5. The Morgan fingerprint density at radius 1 is 1.05 bits per heavy atom. The van der Waals surface area contributed by atoms with Crippen LogP contribution in [0.15, 0.2) is 54.6 Å². The third kappa shape index (κ3) is 8.10. The predicted molar refractivity (Wildman–Crippen MR) is 148 cm³/mol. The number of benzene rings is 2. The zero-order chi connectivity index (χ0) is 26.9. The lowest BCUT2D eigenvalue weighted by molar-refractivity contribution is -0.136. The molecule has 7 nitrogen and oxygen atoms in total. The zero-order valence-electron chi connectivity index (χ0n) is 21.1. The number of nitrogens with zero attached hydrogens (tertiary/aromatic N) is 1. The van der Waals surface area contributed by atoms with E-state index in [2.05, 4.69) is 29.5 Å². The van der Waals surface area contributed by atoms with E-state index in [1.807, 2.05) is 37.3 Å². The smallest absolute Gasteiger partial charge is 0.305 e. The molecule has 3 rings (SSSR count). The summed E-state index contributed by atoms with van der Waals surface area (Å²) in [5.41, 5.74) is 3.89. The molecule has 1 heterocycles. The summed E-state index contributed by atoms with van der Waals surface area (Å²) in [5.74, 6) is -0.424. The number of carboxylic acid groups (broad SMARTS) is 1. The zero-order valence-corrected chi connectivity index (χ0v) is 22.6. The number of carbonyl (C=O) groups is 2. The molecule has 37 heavy (non-hydrogen) atoms. The fourth-order valence-corrected chi connectivity index (χ4v) is 4.25. The minimum Gasteiger partial charge on any atom is -0.481 e. The molecule has 0 saturated carbocycles. The summed E-state index contributed by atoms with van der Waals surface area (Å²) < 4.78 is 6.07. The maximum absolute atomic E-state index is 12.2. The summed E-state index contributed by atoms with van der Waals surface area (Å²) in [6.45, 7) is 6.67. The number of carbonyl (C=O) groups excluding carboxylic acids is 1. The van der Waals surface area contributed by atoms with Crippen LogP contribution in [0.1, 0.15) is 42.7 Å². The highest BCUT2D eigenvalue weighted by atomic mass is 35.5. The highest BCUT2D eigenvalue weighted by Crippen LogP contribution is 2.32. The van der Waals surface area contributed by atoms with Crippen molar-refractivity contribution in [2.45, 2.75) is 39.7 Å². The first-order chi connectivity index (χ1) is 17.7. The van der Waals surface area contributed by atoms with E-state index >= 15 is 0 Å². The number of rotatable bonds is 12. The second-order valence-electron chi connectivity index (χ2n) is 8.83. The van der Waals surface area contributed by atoms with Crippen LogP contribution >= 0.6 is 23.2 Å². The monoisotopic (exact) mass is 543 g/mol. The summed E-state index contributed by atoms with van der Waals surface area (Å²) in [6.07, 6.45) is 0.833. The Kier molecular flexibility index (Phi) is 10.2. The van der Waals surface area contributed by atoms with Gasteiger partial charge in [-0.3, -0.25) is 9.59 Å². The van der Waals surface area contributed by atoms with Gasteiger partial charge in [0, 0.05) is 50.7 Å². The Labute approximate surface area is 227 Å². The molecule has 2 atom stereocenters. The van der Waals surface area contributed by atoms with E-state index in [0.29, 0.717) is 34.0 Å². The Hall–Kier alpha value is -3.29. The van der Waals surface area contributed by atoms with Gasteiger partial charge in [0.25, 0.3) is 5.91 Å². The molecule has 0 aliphatic heterocycles. The van der Waals surface area contributed by atoms with Crippen LogP contribution < -0.4 is 15.4 Å². The van der Waals surface area contributed by atoms with Crippen LogP contribution in [0.2, 0.25) is 10.0 Å². The number of aryl methyl sites for hydroxylation is 1. The van der Waals surface area contributed by atoms with Crippen LogP contribution in [-0.4, -0.2) is 41.2 Å². The predicted octanol–water partition coefficient (Wildman–Crippen LogP) is 6.47. The number of anilines is 1. The van der Waals surface area contributed by atoms with Gasteiger partial charge in [-0.1, -0.05) is 49.5 Å². The van der Waals surface area contributed by atoms with Gasteiger partial charge in [-0.05, 0) is 55.3 Å². The van der Waals surface area contributed by atoms with E-state index in [9.17, 15) is 9.59 Å². The van der Waals surface area contributed by atoms with Crippen LogP contribution in [0.4, 0.5) is 5.69 Å². The lowest BCUT2D eigenvalue weighted by Gasteiger charge is -2.25. The average Bonchev–Trinajstić information content (AvgIpc) is 2.86. The first kappa shape index (κ1) is 28.3. The van der Waals surface area contributed by atoms with Crippen molar-refractivity contribution in [1.82, 2.24) is 10.3 Å². The molecule has 9 heteroatoms. The summed E-state index contributed by atoms with van der Waals surface area (Å²) in [5, 5.41) is 16.0. The Morgan fingerprint density at radius 3 is 2.38 bits per heavy atom. The van der Waals surface area contributed by atoms with Gasteiger partial charge < -0.3 is 20.5 Å². The van der Waals surface area contributed by atoms with Crippen molar-refractivity contribution in [2.75, 3.05) is 18.5 Å². The molecule has 0 radical (unpaired) electrons. The second-order valence-corrected chi connectivity index (χ2v) is 9.67. The minimum atomic E-state index is -0.953. The summed E-state index contributed by atoms with van der Waals surface area (Å²) in [6, 6.07) is 16.2. The quantitative estimate of drug-likeness (QED) is 0.242. The molecular formula is C28H31Cl2N3O4. The Balaban J connectivity index is 1.64. The van der Waals surface area contributed by atoms with Gasteiger partial charge in [-0.15, -0.1) is 0 Å². The Bertz CT molecular complexity index is 1230. The van der Waals surface area contributed by atoms with Crippen molar-refractivity contribution >= 4 is 40.8 Å². The maximum atomic E-state index is 12.2. The van der Waals surface area contributed by atoms with Gasteiger partial charge in [0.15, 0.2) is 0 Å². The number of nitrogens with one attached hydrogen (secondary N) is 2. The molecule has 2 aromatic carbocycles. The molecule has 2 unspecified atom stereocenters. The molecule has 1 amide bonds. The van der Waals surface area contributed by atoms with Crippen molar-refractivity contribution in [3.8, 4) is 17.0 Å². The molecule has 0 fully saturated rings. The van der Waals surface area contributed by atoms with E-state index in [-0.39, 0.29) is 24.9 Å². The first-order valence-corrected chi connectivity index (χ1v) is 12.9. The van der Waals surface area contributed by atoms with Crippen molar-refractivity contribution in [3.63, 3.8) is 0 Å². The maximum Gasteiger partial charge on any atom is 0.305 e. The lowest BCUT2D eigenvalue weighted by atomic mass is 9.99. The van der Waals surface area contributed by atoms with Crippen LogP contribution in [0.5, 0.6) is 5.88 Å². The average molecular weight is 544 g/mol. The van der Waals surface area contributed by atoms with Crippen LogP contribution in [0.25, 0.3) is 11.1 Å². The molecule has 0 spiro atoms. The third-order valence-corrected chi connectivity index (χ3v) is 6.69. The molecule has 3 N–H and O–H groups in total. The van der Waals surface area contributed by atoms with Crippen molar-refractivity contribution in [2.24, 2.45) is 5.92 Å². The molecular weight excluding hydrogens is 513 g/mol. The number of halogens is 2. The minimum absolute atomic E-state index is 0.00716. The van der Waals surface area contributed by atoms with E-state index in [1.165, 1.54) is 0 Å². The van der Waals surface area contributed by atoms with E-state index < -0.39 is 5.97 Å². The largest absolute Gasteiger partial charge is 0.481 e. The van der Waals surface area contributed by atoms with E-state index in [0.717, 1.165) is 28.9 Å².